The van der Waals surface area contributed by atoms with Crippen molar-refractivity contribution in [3.63, 3.8) is 0 Å². The number of anilines is 1. The summed E-state index contributed by atoms with van der Waals surface area (Å²) in [6, 6.07) is 7.24. The summed E-state index contributed by atoms with van der Waals surface area (Å²) in [6.07, 6.45) is 0.781. The van der Waals surface area contributed by atoms with E-state index in [0.717, 1.165) is 16.6 Å². The van der Waals surface area contributed by atoms with Crippen molar-refractivity contribution >= 4 is 27.6 Å². The van der Waals surface area contributed by atoms with Gasteiger partial charge in [-0.3, -0.25) is 0 Å². The van der Waals surface area contributed by atoms with Crippen molar-refractivity contribution in [3.05, 3.63) is 28.7 Å². The van der Waals surface area contributed by atoms with Crippen molar-refractivity contribution in [2.75, 3.05) is 18.4 Å². The molecule has 0 aliphatic heterocycles. The van der Waals surface area contributed by atoms with Crippen molar-refractivity contribution in [1.82, 2.24) is 5.32 Å². The second kappa shape index (κ2) is 6.42. The second-order valence-corrected chi connectivity index (χ2v) is 3.86. The van der Waals surface area contributed by atoms with E-state index in [9.17, 15) is 4.79 Å². The maximum atomic E-state index is 11.4. The molecule has 0 saturated carbocycles. The Morgan fingerprint density at radius 3 is 2.80 bits per heavy atom. The van der Waals surface area contributed by atoms with Crippen LogP contribution in [0.25, 0.3) is 0 Å². The molecule has 0 spiro atoms. The third kappa shape index (κ3) is 4.31. The third-order valence-electron chi connectivity index (χ3n) is 1.79. The van der Waals surface area contributed by atoms with E-state index >= 15 is 0 Å². The van der Waals surface area contributed by atoms with Crippen molar-refractivity contribution < 1.29 is 4.79 Å². The molecular weight excluding hydrogens is 258 g/mol. The van der Waals surface area contributed by atoms with E-state index in [1.54, 1.807) is 0 Å². The fourth-order valence-electron chi connectivity index (χ4n) is 1.03. The van der Waals surface area contributed by atoms with E-state index in [-0.39, 0.29) is 6.03 Å². The zero-order valence-corrected chi connectivity index (χ0v) is 9.88. The van der Waals surface area contributed by atoms with Gasteiger partial charge in [0.1, 0.15) is 0 Å². The predicted molar refractivity (Wildman–Crippen MR) is 64.8 cm³/mol. The van der Waals surface area contributed by atoms with Crippen LogP contribution in [0.2, 0.25) is 0 Å². The summed E-state index contributed by atoms with van der Waals surface area (Å²) < 4.78 is 0.860. The van der Waals surface area contributed by atoms with Gasteiger partial charge in [-0.05, 0) is 41.0 Å². The molecular formula is C10H14BrN3O. The first kappa shape index (κ1) is 12.0. The minimum atomic E-state index is -0.213. The molecule has 0 aliphatic carbocycles. The highest BCUT2D eigenvalue weighted by Crippen LogP contribution is 2.20. The summed E-state index contributed by atoms with van der Waals surface area (Å²) in [5.41, 5.74) is 6.06. The number of halogens is 1. The molecule has 0 heterocycles. The zero-order chi connectivity index (χ0) is 11.1. The highest BCUT2D eigenvalue weighted by atomic mass is 79.9. The van der Waals surface area contributed by atoms with Crippen molar-refractivity contribution in [2.45, 2.75) is 6.42 Å². The molecule has 0 aliphatic rings. The van der Waals surface area contributed by atoms with E-state index in [2.05, 4.69) is 26.6 Å². The van der Waals surface area contributed by atoms with Gasteiger partial charge in [0.25, 0.3) is 0 Å². The number of nitrogens with two attached hydrogens (primary N) is 1. The molecule has 0 radical (unpaired) electrons. The molecule has 4 nitrogen and oxygen atoms in total. The number of carbonyl (C=O) groups excluding carboxylic acids is 1. The lowest BCUT2D eigenvalue weighted by atomic mass is 10.3. The van der Waals surface area contributed by atoms with E-state index in [1.807, 2.05) is 24.3 Å². The Hall–Kier alpha value is -1.07. The minimum absolute atomic E-state index is 0.213. The topological polar surface area (TPSA) is 67.1 Å². The second-order valence-electron chi connectivity index (χ2n) is 3.00. The SMILES string of the molecule is NCCCNC(=O)Nc1ccccc1Br. The molecule has 15 heavy (non-hydrogen) atoms. The largest absolute Gasteiger partial charge is 0.338 e. The van der Waals surface area contributed by atoms with Crippen LogP contribution in [0.5, 0.6) is 0 Å². The van der Waals surface area contributed by atoms with Gasteiger partial charge in [-0.1, -0.05) is 12.1 Å². The Labute approximate surface area is 97.4 Å². The molecule has 0 aromatic heterocycles. The summed E-state index contributed by atoms with van der Waals surface area (Å²) in [5, 5.41) is 5.44. The predicted octanol–water partition coefficient (Wildman–Crippen LogP) is 1.92. The fourth-order valence-corrected chi connectivity index (χ4v) is 1.42. The van der Waals surface area contributed by atoms with Crippen molar-refractivity contribution in [1.29, 1.82) is 0 Å². The number of benzene rings is 1. The lowest BCUT2D eigenvalue weighted by molar-refractivity contribution is 0.252. The van der Waals surface area contributed by atoms with Gasteiger partial charge in [0.15, 0.2) is 0 Å². The maximum Gasteiger partial charge on any atom is 0.319 e. The van der Waals surface area contributed by atoms with Crippen LogP contribution in [-0.2, 0) is 0 Å². The standard InChI is InChI=1S/C10H14BrN3O/c11-8-4-1-2-5-9(8)14-10(15)13-7-3-6-12/h1-2,4-5H,3,6-7,12H2,(H2,13,14,15). The van der Waals surface area contributed by atoms with Crippen LogP contribution in [0.1, 0.15) is 6.42 Å². The van der Waals surface area contributed by atoms with Gasteiger partial charge in [-0.2, -0.15) is 0 Å². The maximum absolute atomic E-state index is 11.4. The van der Waals surface area contributed by atoms with Crippen LogP contribution < -0.4 is 16.4 Å². The van der Waals surface area contributed by atoms with Gasteiger partial charge in [-0.15, -0.1) is 0 Å². The number of urea groups is 1. The van der Waals surface area contributed by atoms with Crippen molar-refractivity contribution in [3.8, 4) is 0 Å². The van der Waals surface area contributed by atoms with E-state index in [4.69, 9.17) is 5.73 Å². The average Bonchev–Trinajstić information content (AvgIpc) is 2.22. The molecule has 1 aromatic rings. The monoisotopic (exact) mass is 271 g/mol. The lowest BCUT2D eigenvalue weighted by Gasteiger charge is -2.08. The molecule has 5 heteroatoms. The highest BCUT2D eigenvalue weighted by molar-refractivity contribution is 9.10. The minimum Gasteiger partial charge on any atom is -0.338 e. The number of rotatable bonds is 4. The average molecular weight is 272 g/mol. The van der Waals surface area contributed by atoms with E-state index in [1.165, 1.54) is 0 Å². The molecule has 1 aromatic carbocycles. The Bertz CT molecular complexity index is 330. The van der Waals surface area contributed by atoms with Gasteiger partial charge < -0.3 is 16.4 Å². The molecule has 0 bridgehead atoms. The summed E-state index contributed by atoms with van der Waals surface area (Å²) in [5.74, 6) is 0. The first-order valence-corrected chi connectivity index (χ1v) is 5.53. The first-order valence-electron chi connectivity index (χ1n) is 4.73. The van der Waals surface area contributed by atoms with Crippen molar-refractivity contribution in [2.24, 2.45) is 5.73 Å². The molecule has 0 atom stereocenters. The Morgan fingerprint density at radius 2 is 2.13 bits per heavy atom. The number of hydrogen-bond donors (Lipinski definition) is 3. The third-order valence-corrected chi connectivity index (χ3v) is 2.48. The molecule has 2 amide bonds. The van der Waals surface area contributed by atoms with Crippen LogP contribution in [0.3, 0.4) is 0 Å². The number of carbonyl (C=O) groups is 1. The van der Waals surface area contributed by atoms with Crippen LogP contribution in [0.15, 0.2) is 28.7 Å². The molecule has 82 valence electrons. The Balaban J connectivity index is 2.41. The molecule has 0 saturated heterocycles. The number of nitrogens with one attached hydrogen (secondary N) is 2. The highest BCUT2D eigenvalue weighted by Gasteiger charge is 2.02. The van der Waals surface area contributed by atoms with Gasteiger partial charge in [0.2, 0.25) is 0 Å². The smallest absolute Gasteiger partial charge is 0.319 e. The van der Waals surface area contributed by atoms with Gasteiger partial charge in [0.05, 0.1) is 5.69 Å². The molecule has 4 N–H and O–H groups in total. The fraction of sp³-hybridized carbons (Fsp3) is 0.300. The number of amides is 2. The summed E-state index contributed by atoms with van der Waals surface area (Å²) in [4.78, 5) is 11.4. The molecule has 1 rings (SSSR count). The zero-order valence-electron chi connectivity index (χ0n) is 8.29. The number of hydrogen-bond acceptors (Lipinski definition) is 2. The summed E-state index contributed by atoms with van der Waals surface area (Å²) >= 11 is 3.34. The Morgan fingerprint density at radius 1 is 1.40 bits per heavy atom. The lowest BCUT2D eigenvalue weighted by Crippen LogP contribution is -2.30. The normalized spacial score (nSPS) is 9.73. The van der Waals surface area contributed by atoms with Crippen LogP contribution in [-0.4, -0.2) is 19.1 Å². The van der Waals surface area contributed by atoms with Gasteiger partial charge in [-0.25, -0.2) is 4.79 Å². The molecule has 0 fully saturated rings. The van der Waals surface area contributed by atoms with Gasteiger partial charge >= 0.3 is 6.03 Å². The van der Waals surface area contributed by atoms with E-state index < -0.39 is 0 Å². The van der Waals surface area contributed by atoms with E-state index in [0.29, 0.717) is 13.1 Å². The first-order chi connectivity index (χ1) is 7.24. The summed E-state index contributed by atoms with van der Waals surface area (Å²) in [7, 11) is 0. The number of para-hydroxylation sites is 1. The quantitative estimate of drug-likeness (QED) is 0.733. The van der Waals surface area contributed by atoms with Crippen LogP contribution in [0.4, 0.5) is 10.5 Å². The molecule has 0 unspecified atom stereocenters. The van der Waals surface area contributed by atoms with Crippen LogP contribution >= 0.6 is 15.9 Å². The van der Waals surface area contributed by atoms with Gasteiger partial charge in [0, 0.05) is 11.0 Å². The Kier molecular flexibility index (Phi) is 5.14. The summed E-state index contributed by atoms with van der Waals surface area (Å²) in [6.45, 7) is 1.17. The van der Waals surface area contributed by atoms with Crippen LogP contribution in [0, 0.1) is 0 Å².